The van der Waals surface area contributed by atoms with Crippen molar-refractivity contribution in [2.24, 2.45) is 5.41 Å². The number of rotatable bonds is 6. The fourth-order valence-electron chi connectivity index (χ4n) is 1.78. The van der Waals surface area contributed by atoms with E-state index in [9.17, 15) is 10.2 Å². The predicted molar refractivity (Wildman–Crippen MR) is 66.4 cm³/mol. The molecule has 16 heavy (non-hydrogen) atoms. The van der Waals surface area contributed by atoms with Gasteiger partial charge in [0.1, 0.15) is 0 Å². The lowest BCUT2D eigenvalue weighted by Crippen LogP contribution is -2.40. The van der Waals surface area contributed by atoms with E-state index in [0.717, 1.165) is 6.42 Å². The molecule has 98 valence electrons. The van der Waals surface area contributed by atoms with Gasteiger partial charge in [-0.25, -0.2) is 0 Å². The molecule has 0 rings (SSSR count). The van der Waals surface area contributed by atoms with Crippen LogP contribution in [0.15, 0.2) is 0 Å². The van der Waals surface area contributed by atoms with Crippen LogP contribution >= 0.6 is 0 Å². The Hall–Kier alpha value is -0.120. The van der Waals surface area contributed by atoms with E-state index in [-0.39, 0.29) is 17.6 Å². The summed E-state index contributed by atoms with van der Waals surface area (Å²) in [7, 11) is 0. The minimum absolute atomic E-state index is 0.0452. The number of aliphatic hydroxyl groups is 2. The second-order valence-electron chi connectivity index (χ2n) is 6.40. The topological polar surface area (TPSA) is 49.7 Å². The maximum atomic E-state index is 9.88. The van der Waals surface area contributed by atoms with Crippen LogP contribution in [0.2, 0.25) is 0 Å². The minimum atomic E-state index is -0.778. The number of ether oxygens (including phenoxy) is 1. The highest BCUT2D eigenvalue weighted by Gasteiger charge is 2.35. The SMILES string of the molecule is CCC(CO)(COC(C)(C)C)CC(C)(C)O. The molecule has 0 aliphatic carbocycles. The van der Waals surface area contributed by atoms with Crippen molar-refractivity contribution in [1.29, 1.82) is 0 Å². The highest BCUT2D eigenvalue weighted by atomic mass is 16.5. The molecule has 1 unspecified atom stereocenters. The first-order valence-electron chi connectivity index (χ1n) is 6.01. The van der Waals surface area contributed by atoms with Crippen molar-refractivity contribution in [3.05, 3.63) is 0 Å². The molecule has 0 saturated carbocycles. The van der Waals surface area contributed by atoms with E-state index in [4.69, 9.17) is 4.74 Å². The van der Waals surface area contributed by atoms with Gasteiger partial charge in [-0.15, -0.1) is 0 Å². The minimum Gasteiger partial charge on any atom is -0.396 e. The van der Waals surface area contributed by atoms with Gasteiger partial charge in [0.25, 0.3) is 0 Å². The van der Waals surface area contributed by atoms with Gasteiger partial charge in [0.2, 0.25) is 0 Å². The summed E-state index contributed by atoms with van der Waals surface area (Å²) in [6.07, 6.45) is 1.34. The quantitative estimate of drug-likeness (QED) is 0.739. The van der Waals surface area contributed by atoms with Gasteiger partial charge in [-0.3, -0.25) is 0 Å². The smallest absolute Gasteiger partial charge is 0.0598 e. The molecule has 0 amide bonds. The van der Waals surface area contributed by atoms with E-state index >= 15 is 0 Å². The van der Waals surface area contributed by atoms with Crippen LogP contribution in [0.1, 0.15) is 54.4 Å². The van der Waals surface area contributed by atoms with E-state index in [0.29, 0.717) is 13.0 Å². The first kappa shape index (κ1) is 15.9. The van der Waals surface area contributed by atoms with Crippen LogP contribution < -0.4 is 0 Å². The Morgan fingerprint density at radius 3 is 1.81 bits per heavy atom. The molecule has 0 aromatic heterocycles. The van der Waals surface area contributed by atoms with Gasteiger partial charge in [0.15, 0.2) is 0 Å². The van der Waals surface area contributed by atoms with Crippen LogP contribution in [-0.2, 0) is 4.74 Å². The average molecular weight is 232 g/mol. The first-order chi connectivity index (χ1) is 7.04. The van der Waals surface area contributed by atoms with Gasteiger partial charge in [-0.2, -0.15) is 0 Å². The summed E-state index contributed by atoms with van der Waals surface area (Å²) in [4.78, 5) is 0. The zero-order valence-corrected chi connectivity index (χ0v) is 11.6. The lowest BCUT2D eigenvalue weighted by atomic mass is 9.77. The summed E-state index contributed by atoms with van der Waals surface area (Å²) < 4.78 is 5.75. The Labute approximate surface area is 99.8 Å². The van der Waals surface area contributed by atoms with E-state index in [1.54, 1.807) is 13.8 Å². The third kappa shape index (κ3) is 6.46. The van der Waals surface area contributed by atoms with Crippen molar-refractivity contribution in [3.63, 3.8) is 0 Å². The zero-order valence-electron chi connectivity index (χ0n) is 11.6. The van der Waals surface area contributed by atoms with Crippen LogP contribution in [0.5, 0.6) is 0 Å². The van der Waals surface area contributed by atoms with E-state index < -0.39 is 5.60 Å². The molecule has 0 fully saturated rings. The molecule has 1 atom stereocenters. The van der Waals surface area contributed by atoms with Crippen LogP contribution in [0.3, 0.4) is 0 Å². The summed E-state index contributed by atoms with van der Waals surface area (Å²) in [5.41, 5.74) is -1.33. The molecule has 0 heterocycles. The van der Waals surface area contributed by atoms with Gasteiger partial charge in [-0.1, -0.05) is 6.92 Å². The lowest BCUT2D eigenvalue weighted by molar-refractivity contribution is -0.0962. The molecule has 2 N–H and O–H groups in total. The van der Waals surface area contributed by atoms with E-state index in [2.05, 4.69) is 0 Å². The Morgan fingerprint density at radius 2 is 1.56 bits per heavy atom. The molecular formula is C13H28O3. The third-order valence-corrected chi connectivity index (χ3v) is 2.70. The molecule has 0 aromatic rings. The van der Waals surface area contributed by atoms with E-state index in [1.807, 2.05) is 27.7 Å². The standard InChI is InChI=1S/C13H28O3/c1-7-13(9-14,8-12(5,6)15)10-16-11(2,3)4/h14-15H,7-10H2,1-6H3. The lowest BCUT2D eigenvalue weighted by Gasteiger charge is -2.37. The van der Waals surface area contributed by atoms with Gasteiger partial charge >= 0.3 is 0 Å². The number of aliphatic hydroxyl groups excluding tert-OH is 1. The molecule has 0 spiro atoms. The Kier molecular flexibility index (Phi) is 5.44. The fourth-order valence-corrected chi connectivity index (χ4v) is 1.78. The molecule has 0 aromatic carbocycles. The van der Waals surface area contributed by atoms with Crippen molar-refractivity contribution in [2.45, 2.75) is 65.6 Å². The number of hydrogen-bond donors (Lipinski definition) is 2. The average Bonchev–Trinajstić information content (AvgIpc) is 2.09. The second-order valence-corrected chi connectivity index (χ2v) is 6.40. The summed E-state index contributed by atoms with van der Waals surface area (Å²) in [5, 5.41) is 19.4. The second kappa shape index (κ2) is 5.48. The van der Waals surface area contributed by atoms with Crippen molar-refractivity contribution >= 4 is 0 Å². The van der Waals surface area contributed by atoms with Gasteiger partial charge in [0.05, 0.1) is 24.4 Å². The monoisotopic (exact) mass is 232 g/mol. The Bertz CT molecular complexity index is 194. The normalized spacial score (nSPS) is 17.2. The molecule has 3 heteroatoms. The maximum absolute atomic E-state index is 9.88. The van der Waals surface area contributed by atoms with Crippen LogP contribution in [0.4, 0.5) is 0 Å². The van der Waals surface area contributed by atoms with Crippen LogP contribution in [0, 0.1) is 5.41 Å². The highest BCUT2D eigenvalue weighted by Crippen LogP contribution is 2.33. The Morgan fingerprint density at radius 1 is 1.06 bits per heavy atom. The van der Waals surface area contributed by atoms with Gasteiger partial charge in [0, 0.05) is 5.41 Å². The first-order valence-corrected chi connectivity index (χ1v) is 6.01. The summed E-state index contributed by atoms with van der Waals surface area (Å²) in [6, 6.07) is 0. The zero-order chi connectivity index (χ0) is 13.0. The summed E-state index contributed by atoms with van der Waals surface area (Å²) in [5.74, 6) is 0. The molecule has 0 bridgehead atoms. The largest absolute Gasteiger partial charge is 0.396 e. The van der Waals surface area contributed by atoms with Crippen LogP contribution in [-0.4, -0.2) is 34.6 Å². The molecule has 0 saturated heterocycles. The molecule has 0 aliphatic rings. The fraction of sp³-hybridized carbons (Fsp3) is 1.00. The van der Waals surface area contributed by atoms with Gasteiger partial charge in [-0.05, 0) is 47.5 Å². The highest BCUT2D eigenvalue weighted by molar-refractivity contribution is 4.85. The molecule has 0 aliphatic heterocycles. The van der Waals surface area contributed by atoms with Crippen LogP contribution in [0.25, 0.3) is 0 Å². The third-order valence-electron chi connectivity index (χ3n) is 2.70. The molecule has 3 nitrogen and oxygen atoms in total. The summed E-state index contributed by atoms with van der Waals surface area (Å²) in [6.45, 7) is 12.1. The predicted octanol–water partition coefficient (Wildman–Crippen LogP) is 2.35. The van der Waals surface area contributed by atoms with E-state index in [1.165, 1.54) is 0 Å². The molecular weight excluding hydrogens is 204 g/mol. The maximum Gasteiger partial charge on any atom is 0.0598 e. The van der Waals surface area contributed by atoms with Crippen molar-refractivity contribution in [3.8, 4) is 0 Å². The van der Waals surface area contributed by atoms with Crippen molar-refractivity contribution < 1.29 is 14.9 Å². The summed E-state index contributed by atoms with van der Waals surface area (Å²) >= 11 is 0. The number of hydrogen-bond acceptors (Lipinski definition) is 3. The van der Waals surface area contributed by atoms with Gasteiger partial charge < -0.3 is 14.9 Å². The Balaban J connectivity index is 4.57. The molecule has 0 radical (unpaired) electrons. The van der Waals surface area contributed by atoms with Crippen molar-refractivity contribution in [1.82, 2.24) is 0 Å². The van der Waals surface area contributed by atoms with Crippen molar-refractivity contribution in [2.75, 3.05) is 13.2 Å².